The Balaban J connectivity index is 1.37. The van der Waals surface area contributed by atoms with Crippen LogP contribution in [0.5, 0.6) is 0 Å². The van der Waals surface area contributed by atoms with Gasteiger partial charge in [-0.15, -0.1) is 0 Å². The number of rotatable bonds is 2. The Morgan fingerprint density at radius 3 is 1.15 bits per heavy atom. The molecule has 0 radical (unpaired) electrons. The molecule has 0 aliphatic heterocycles. The molecule has 11 rings (SSSR count). The molecule has 0 bridgehead atoms. The number of hydrogen-bond acceptors (Lipinski definition) is 0. The summed E-state index contributed by atoms with van der Waals surface area (Å²) < 4.78 is 0. The third-order valence-corrected chi connectivity index (χ3v) is 10.5. The molecule has 9 aromatic carbocycles. The molecule has 0 N–H and O–H groups in total. The molecule has 0 saturated heterocycles. The van der Waals surface area contributed by atoms with Crippen LogP contribution in [0.3, 0.4) is 0 Å². The van der Waals surface area contributed by atoms with Gasteiger partial charge in [-0.2, -0.15) is 0 Å². The lowest BCUT2D eigenvalue weighted by Crippen LogP contribution is -1.92. The Kier molecular flexibility index (Phi) is 4.66. The summed E-state index contributed by atoms with van der Waals surface area (Å²) in [4.78, 5) is 0. The summed E-state index contributed by atoms with van der Waals surface area (Å²) >= 11 is 0. The lowest BCUT2D eigenvalue weighted by molar-refractivity contribution is 1.65. The summed E-state index contributed by atoms with van der Waals surface area (Å²) in [5.74, 6) is 0. The topological polar surface area (TPSA) is 0 Å². The zero-order valence-electron chi connectivity index (χ0n) is 25.0. The maximum absolute atomic E-state index is 2.53. The standard InChI is InChI=1S/C46H26/c1-3-13-27(14-4-1)41-31-19-9-10-20-32(31)42(28-15-5-2-6-16-28)40-26-38-37(25-39(40)41)36-24-23-35-29-17-7-8-18-30(29)43-33-21-11-12-22-34(33)44(38)46(36)45(35)43/h1-26H. The fourth-order valence-corrected chi connectivity index (χ4v) is 8.74. The molecule has 0 aromatic heterocycles. The highest BCUT2D eigenvalue weighted by molar-refractivity contribution is 6.36. The highest BCUT2D eigenvalue weighted by Crippen LogP contribution is 2.60. The predicted molar refractivity (Wildman–Crippen MR) is 196 cm³/mol. The Morgan fingerprint density at radius 1 is 0.217 bits per heavy atom. The van der Waals surface area contributed by atoms with Gasteiger partial charge in [0.05, 0.1) is 0 Å². The van der Waals surface area contributed by atoms with E-state index in [1.54, 1.807) is 0 Å². The quantitative estimate of drug-likeness (QED) is 0.179. The maximum Gasteiger partial charge on any atom is -0.000740 e. The third-order valence-electron chi connectivity index (χ3n) is 10.5. The molecular weight excluding hydrogens is 553 g/mol. The van der Waals surface area contributed by atoms with Crippen molar-refractivity contribution in [2.24, 2.45) is 0 Å². The van der Waals surface area contributed by atoms with Gasteiger partial charge < -0.3 is 0 Å². The Bertz CT molecular complexity index is 2770. The fourth-order valence-electron chi connectivity index (χ4n) is 8.74. The largest absolute Gasteiger partial charge is 0.0622 e. The summed E-state index contributed by atoms with van der Waals surface area (Å²) in [6.07, 6.45) is 0. The summed E-state index contributed by atoms with van der Waals surface area (Å²) in [7, 11) is 0. The van der Waals surface area contributed by atoms with Crippen LogP contribution in [0.1, 0.15) is 0 Å². The first-order chi connectivity index (χ1) is 22.9. The van der Waals surface area contributed by atoms with Crippen molar-refractivity contribution >= 4 is 43.1 Å². The average Bonchev–Trinajstić information content (AvgIpc) is 3.63. The van der Waals surface area contributed by atoms with Gasteiger partial charge in [0.25, 0.3) is 0 Å². The van der Waals surface area contributed by atoms with E-state index >= 15 is 0 Å². The second-order valence-electron chi connectivity index (χ2n) is 12.7. The van der Waals surface area contributed by atoms with E-state index < -0.39 is 0 Å². The lowest BCUT2D eigenvalue weighted by atomic mass is 9.83. The van der Waals surface area contributed by atoms with Crippen molar-refractivity contribution < 1.29 is 0 Å². The molecule has 210 valence electrons. The maximum atomic E-state index is 2.53. The second kappa shape index (κ2) is 8.81. The van der Waals surface area contributed by atoms with Crippen molar-refractivity contribution in [3.63, 3.8) is 0 Å². The molecular formula is C46H26. The van der Waals surface area contributed by atoms with Crippen LogP contribution in [0.25, 0.3) is 110 Å². The van der Waals surface area contributed by atoms with E-state index in [0.717, 1.165) is 0 Å². The van der Waals surface area contributed by atoms with Crippen LogP contribution in [0.15, 0.2) is 158 Å². The van der Waals surface area contributed by atoms with E-state index in [2.05, 4.69) is 158 Å². The highest BCUT2D eigenvalue weighted by atomic mass is 14.3. The van der Waals surface area contributed by atoms with Crippen LogP contribution >= 0.6 is 0 Å². The summed E-state index contributed by atoms with van der Waals surface area (Å²) in [5.41, 5.74) is 15.9. The first-order valence-corrected chi connectivity index (χ1v) is 16.1. The summed E-state index contributed by atoms with van der Waals surface area (Å²) in [6.45, 7) is 0. The van der Waals surface area contributed by atoms with E-state index in [0.29, 0.717) is 0 Å². The fraction of sp³-hybridized carbons (Fsp3) is 0. The number of benzene rings is 9. The number of hydrogen-bond donors (Lipinski definition) is 0. The molecule has 0 spiro atoms. The molecule has 0 nitrogen and oxygen atoms in total. The van der Waals surface area contributed by atoms with Crippen molar-refractivity contribution in [2.45, 2.75) is 0 Å². The second-order valence-corrected chi connectivity index (χ2v) is 12.7. The van der Waals surface area contributed by atoms with Crippen LogP contribution < -0.4 is 0 Å². The minimum absolute atomic E-state index is 1.25. The smallest absolute Gasteiger partial charge is 0.000740 e. The van der Waals surface area contributed by atoms with Crippen LogP contribution in [-0.4, -0.2) is 0 Å². The van der Waals surface area contributed by atoms with E-state index in [1.165, 1.54) is 110 Å². The van der Waals surface area contributed by atoms with Gasteiger partial charge in [0.15, 0.2) is 0 Å². The molecule has 0 amide bonds. The summed E-state index contributed by atoms with van der Waals surface area (Å²) in [5, 5.41) is 10.7. The zero-order chi connectivity index (χ0) is 29.9. The lowest BCUT2D eigenvalue weighted by Gasteiger charge is -2.19. The number of fused-ring (bicyclic) bond motifs is 11. The third kappa shape index (κ3) is 2.99. The van der Waals surface area contributed by atoms with Gasteiger partial charge in [0, 0.05) is 0 Å². The van der Waals surface area contributed by atoms with Crippen molar-refractivity contribution in [2.75, 3.05) is 0 Å². The van der Waals surface area contributed by atoms with E-state index in [9.17, 15) is 0 Å². The van der Waals surface area contributed by atoms with Crippen LogP contribution in [0.4, 0.5) is 0 Å². The first-order valence-electron chi connectivity index (χ1n) is 16.1. The first kappa shape index (κ1) is 24.4. The average molecular weight is 579 g/mol. The molecule has 0 heterocycles. The molecule has 0 unspecified atom stereocenters. The molecule has 46 heavy (non-hydrogen) atoms. The van der Waals surface area contributed by atoms with E-state index in [-0.39, 0.29) is 0 Å². The Morgan fingerprint density at radius 2 is 0.609 bits per heavy atom. The Hall–Kier alpha value is -5.98. The van der Waals surface area contributed by atoms with E-state index in [4.69, 9.17) is 0 Å². The van der Waals surface area contributed by atoms with Crippen LogP contribution in [0, 0.1) is 0 Å². The molecule has 0 fully saturated rings. The highest BCUT2D eigenvalue weighted by Gasteiger charge is 2.33. The molecule has 9 aromatic rings. The minimum Gasteiger partial charge on any atom is -0.0622 e. The molecule has 2 aliphatic carbocycles. The van der Waals surface area contributed by atoms with Crippen LogP contribution in [-0.2, 0) is 0 Å². The van der Waals surface area contributed by atoms with Gasteiger partial charge in [-0.05, 0) is 122 Å². The van der Waals surface area contributed by atoms with Crippen LogP contribution in [0.2, 0.25) is 0 Å². The van der Waals surface area contributed by atoms with Crippen molar-refractivity contribution in [1.29, 1.82) is 0 Å². The monoisotopic (exact) mass is 578 g/mol. The molecule has 0 atom stereocenters. The molecule has 2 aliphatic rings. The van der Waals surface area contributed by atoms with Gasteiger partial charge >= 0.3 is 0 Å². The van der Waals surface area contributed by atoms with Crippen molar-refractivity contribution in [1.82, 2.24) is 0 Å². The summed E-state index contributed by atoms with van der Waals surface area (Å²) in [6, 6.07) is 58.7. The van der Waals surface area contributed by atoms with Gasteiger partial charge in [-0.1, -0.05) is 146 Å². The Labute approximate surface area is 266 Å². The van der Waals surface area contributed by atoms with Gasteiger partial charge in [-0.3, -0.25) is 0 Å². The SMILES string of the molecule is c1ccc(-c2c3ccccc3c(-c3ccccc3)c3cc4c(cc23)-c2ccc3c5c(c6ccccc6c-4c25)-c2ccccc2-3)cc1. The molecule has 0 saturated carbocycles. The van der Waals surface area contributed by atoms with Gasteiger partial charge in [-0.25, -0.2) is 0 Å². The predicted octanol–water partition coefficient (Wildman–Crippen LogP) is 12.9. The zero-order valence-corrected chi connectivity index (χ0v) is 25.0. The van der Waals surface area contributed by atoms with E-state index in [1.807, 2.05) is 0 Å². The van der Waals surface area contributed by atoms with Crippen molar-refractivity contribution in [3.05, 3.63) is 158 Å². The minimum atomic E-state index is 1.25. The van der Waals surface area contributed by atoms with Crippen molar-refractivity contribution in [3.8, 4) is 66.8 Å². The molecule has 0 heteroatoms. The van der Waals surface area contributed by atoms with Gasteiger partial charge in [0.2, 0.25) is 0 Å². The normalized spacial score (nSPS) is 12.3. The van der Waals surface area contributed by atoms with Gasteiger partial charge in [0.1, 0.15) is 0 Å².